The molecule has 2 aromatic rings. The first-order valence-corrected chi connectivity index (χ1v) is 9.67. The van der Waals surface area contributed by atoms with Crippen molar-refractivity contribution in [1.82, 2.24) is 14.9 Å². The van der Waals surface area contributed by atoms with Gasteiger partial charge in [-0.25, -0.2) is 4.98 Å². The second-order valence-corrected chi connectivity index (χ2v) is 7.11. The van der Waals surface area contributed by atoms with E-state index in [4.69, 9.17) is 23.7 Å². The van der Waals surface area contributed by atoms with Gasteiger partial charge in [-0.15, -0.1) is 0 Å². The van der Waals surface area contributed by atoms with Crippen molar-refractivity contribution in [3.05, 3.63) is 29.5 Å². The van der Waals surface area contributed by atoms with Gasteiger partial charge in [0.05, 0.1) is 46.7 Å². The highest BCUT2D eigenvalue weighted by Crippen LogP contribution is 2.39. The van der Waals surface area contributed by atoms with Crippen LogP contribution in [0.4, 0.5) is 0 Å². The zero-order valence-corrected chi connectivity index (χ0v) is 18.1. The second-order valence-electron chi connectivity index (χ2n) is 7.11. The monoisotopic (exact) mass is 419 g/mol. The van der Waals surface area contributed by atoms with Crippen molar-refractivity contribution in [3.8, 4) is 29.1 Å². The molecule has 1 aromatic carbocycles. The van der Waals surface area contributed by atoms with E-state index in [9.17, 15) is 5.11 Å². The standard InChI is InChI=1S/C21H29N3O6/c1-26-16-11-18(28-3)17(27-2)10-14(16)13-24-8-6-21(25,7-9-24)15-12-22-20(30-5)23-19(15)29-4/h10-12,25H,6-9,13H2,1-5H3. The molecule has 9 heteroatoms. The summed E-state index contributed by atoms with van der Waals surface area (Å²) in [4.78, 5) is 10.6. The van der Waals surface area contributed by atoms with E-state index in [-0.39, 0.29) is 6.01 Å². The van der Waals surface area contributed by atoms with Crippen molar-refractivity contribution in [1.29, 1.82) is 0 Å². The molecule has 1 aliphatic heterocycles. The van der Waals surface area contributed by atoms with Crippen molar-refractivity contribution in [3.63, 3.8) is 0 Å². The minimum atomic E-state index is -1.06. The molecule has 0 spiro atoms. The predicted octanol–water partition coefficient (Wildman–Crippen LogP) is 2.00. The van der Waals surface area contributed by atoms with Gasteiger partial charge in [-0.05, 0) is 18.9 Å². The molecule has 0 radical (unpaired) electrons. The van der Waals surface area contributed by atoms with Crippen LogP contribution in [0, 0.1) is 0 Å². The highest BCUT2D eigenvalue weighted by molar-refractivity contribution is 5.50. The number of rotatable bonds is 8. The number of benzene rings is 1. The third-order valence-corrected chi connectivity index (χ3v) is 5.47. The van der Waals surface area contributed by atoms with Gasteiger partial charge in [0.15, 0.2) is 11.5 Å². The molecule has 0 amide bonds. The molecule has 3 rings (SSSR count). The summed E-state index contributed by atoms with van der Waals surface area (Å²) in [6, 6.07) is 3.96. The number of piperidine rings is 1. The summed E-state index contributed by atoms with van der Waals surface area (Å²) < 4.78 is 26.7. The molecule has 30 heavy (non-hydrogen) atoms. The first kappa shape index (κ1) is 21.9. The number of ether oxygens (including phenoxy) is 5. The van der Waals surface area contributed by atoms with Crippen molar-refractivity contribution >= 4 is 0 Å². The normalized spacial score (nSPS) is 16.1. The fourth-order valence-corrected chi connectivity index (χ4v) is 3.73. The quantitative estimate of drug-likeness (QED) is 0.689. The molecule has 1 aliphatic rings. The second kappa shape index (κ2) is 9.36. The van der Waals surface area contributed by atoms with Gasteiger partial charge in [-0.2, -0.15) is 4.98 Å². The summed E-state index contributed by atoms with van der Waals surface area (Å²) in [5.74, 6) is 2.35. The fourth-order valence-electron chi connectivity index (χ4n) is 3.73. The maximum absolute atomic E-state index is 11.3. The number of hydrogen-bond donors (Lipinski definition) is 1. The van der Waals surface area contributed by atoms with Crippen molar-refractivity contribution in [2.75, 3.05) is 48.6 Å². The average Bonchev–Trinajstić information content (AvgIpc) is 2.79. The topological polar surface area (TPSA) is 95.4 Å². The van der Waals surface area contributed by atoms with Gasteiger partial charge >= 0.3 is 6.01 Å². The average molecular weight is 419 g/mol. The van der Waals surface area contributed by atoms with Crippen LogP contribution in [-0.4, -0.2) is 68.6 Å². The first-order valence-electron chi connectivity index (χ1n) is 9.67. The van der Waals surface area contributed by atoms with E-state index in [0.29, 0.717) is 55.4 Å². The Morgan fingerprint density at radius 2 is 1.53 bits per heavy atom. The van der Waals surface area contributed by atoms with Crippen LogP contribution in [0.1, 0.15) is 24.0 Å². The molecule has 1 saturated heterocycles. The third kappa shape index (κ3) is 4.36. The minimum Gasteiger partial charge on any atom is -0.496 e. The lowest BCUT2D eigenvalue weighted by Crippen LogP contribution is -2.42. The van der Waals surface area contributed by atoms with Crippen LogP contribution < -0.4 is 23.7 Å². The molecule has 0 saturated carbocycles. The lowest BCUT2D eigenvalue weighted by atomic mass is 9.85. The smallest absolute Gasteiger partial charge is 0.319 e. The molecule has 1 aromatic heterocycles. The lowest BCUT2D eigenvalue weighted by Gasteiger charge is -2.38. The first-order chi connectivity index (χ1) is 14.5. The molecule has 0 aliphatic carbocycles. The lowest BCUT2D eigenvalue weighted by molar-refractivity contribution is -0.0301. The maximum atomic E-state index is 11.3. The minimum absolute atomic E-state index is 0.206. The number of aliphatic hydroxyl groups is 1. The molecule has 0 atom stereocenters. The van der Waals surface area contributed by atoms with E-state index < -0.39 is 5.60 Å². The van der Waals surface area contributed by atoms with Crippen molar-refractivity contribution < 1.29 is 28.8 Å². The van der Waals surface area contributed by atoms with E-state index >= 15 is 0 Å². The Kier molecular flexibility index (Phi) is 6.84. The van der Waals surface area contributed by atoms with Gasteiger partial charge in [0, 0.05) is 37.5 Å². The van der Waals surface area contributed by atoms with E-state index in [0.717, 1.165) is 11.3 Å². The van der Waals surface area contributed by atoms with E-state index in [1.165, 1.54) is 14.2 Å². The molecular weight excluding hydrogens is 390 g/mol. The number of methoxy groups -OCH3 is 5. The maximum Gasteiger partial charge on any atom is 0.319 e. The van der Waals surface area contributed by atoms with Gasteiger partial charge in [0.25, 0.3) is 0 Å². The largest absolute Gasteiger partial charge is 0.496 e. The fraction of sp³-hybridized carbons (Fsp3) is 0.524. The van der Waals surface area contributed by atoms with Crippen LogP contribution in [0.15, 0.2) is 18.3 Å². The zero-order chi connectivity index (χ0) is 21.7. The van der Waals surface area contributed by atoms with E-state index in [1.54, 1.807) is 27.5 Å². The van der Waals surface area contributed by atoms with Gasteiger partial charge in [0.1, 0.15) is 5.75 Å². The Labute approximate surface area is 176 Å². The Bertz CT molecular complexity index is 868. The number of likely N-dealkylation sites (tertiary alicyclic amines) is 1. The van der Waals surface area contributed by atoms with Gasteiger partial charge < -0.3 is 28.8 Å². The van der Waals surface area contributed by atoms with Crippen molar-refractivity contribution in [2.24, 2.45) is 0 Å². The Hall–Kier alpha value is -2.78. The molecule has 0 bridgehead atoms. The third-order valence-electron chi connectivity index (χ3n) is 5.47. The molecule has 2 heterocycles. The van der Waals surface area contributed by atoms with Gasteiger partial charge in [-0.3, -0.25) is 4.90 Å². The molecule has 1 fully saturated rings. The van der Waals surface area contributed by atoms with Crippen molar-refractivity contribution in [2.45, 2.75) is 25.0 Å². The Balaban J connectivity index is 1.75. The van der Waals surface area contributed by atoms with Crippen LogP contribution in [0.5, 0.6) is 29.1 Å². The van der Waals surface area contributed by atoms with Gasteiger partial charge in [-0.1, -0.05) is 0 Å². The van der Waals surface area contributed by atoms with Crippen LogP contribution in [-0.2, 0) is 12.1 Å². The van der Waals surface area contributed by atoms with Crippen LogP contribution in [0.3, 0.4) is 0 Å². The van der Waals surface area contributed by atoms with Crippen LogP contribution in [0.2, 0.25) is 0 Å². The van der Waals surface area contributed by atoms with E-state index in [1.807, 2.05) is 12.1 Å². The van der Waals surface area contributed by atoms with Crippen LogP contribution >= 0.6 is 0 Å². The van der Waals surface area contributed by atoms with E-state index in [2.05, 4.69) is 14.9 Å². The predicted molar refractivity (Wildman–Crippen MR) is 110 cm³/mol. The molecule has 9 nitrogen and oxygen atoms in total. The Morgan fingerprint density at radius 1 is 0.900 bits per heavy atom. The zero-order valence-electron chi connectivity index (χ0n) is 18.1. The van der Waals surface area contributed by atoms with Gasteiger partial charge in [0.2, 0.25) is 5.88 Å². The number of aromatic nitrogens is 2. The summed E-state index contributed by atoms with van der Waals surface area (Å²) in [5, 5.41) is 11.3. The molecule has 0 unspecified atom stereocenters. The highest BCUT2D eigenvalue weighted by atomic mass is 16.5. The number of nitrogens with zero attached hydrogens (tertiary/aromatic N) is 3. The summed E-state index contributed by atoms with van der Waals surface area (Å²) in [6.45, 7) is 2.03. The molecule has 1 N–H and O–H groups in total. The molecular formula is C21H29N3O6. The highest BCUT2D eigenvalue weighted by Gasteiger charge is 2.37. The molecule has 164 valence electrons. The SMILES string of the molecule is COc1ncc(C2(O)CCN(Cc3cc(OC)c(OC)cc3OC)CC2)c(OC)n1. The summed E-state index contributed by atoms with van der Waals surface area (Å²) in [6.07, 6.45) is 2.63. The summed E-state index contributed by atoms with van der Waals surface area (Å²) in [7, 11) is 7.85. The summed E-state index contributed by atoms with van der Waals surface area (Å²) >= 11 is 0. The summed E-state index contributed by atoms with van der Waals surface area (Å²) in [5.41, 5.74) is 0.510. The van der Waals surface area contributed by atoms with Crippen LogP contribution in [0.25, 0.3) is 0 Å². The Morgan fingerprint density at radius 3 is 2.10 bits per heavy atom. The number of hydrogen-bond acceptors (Lipinski definition) is 9.